The smallest absolute Gasteiger partial charge is 0.130 e. The summed E-state index contributed by atoms with van der Waals surface area (Å²) in [5.74, 6) is 0.330. The standard InChI is InChI=1S/C9H11BrO/c1-2-4-7-5-3-6-8(11)9(7)10/h3,5-6,11H,2,4H2,1H3. The second kappa shape index (κ2) is 3.77. The quantitative estimate of drug-likeness (QED) is 0.803. The average molecular weight is 215 g/mol. The first kappa shape index (κ1) is 8.60. The molecule has 0 amide bonds. The lowest BCUT2D eigenvalue weighted by molar-refractivity contribution is 0.471. The molecule has 0 heterocycles. The summed E-state index contributed by atoms with van der Waals surface area (Å²) in [4.78, 5) is 0. The van der Waals surface area contributed by atoms with Crippen molar-refractivity contribution in [2.75, 3.05) is 0 Å². The van der Waals surface area contributed by atoms with Crippen molar-refractivity contribution < 1.29 is 5.11 Å². The molecule has 0 unspecified atom stereocenters. The van der Waals surface area contributed by atoms with E-state index in [9.17, 15) is 5.11 Å². The van der Waals surface area contributed by atoms with Crippen LogP contribution >= 0.6 is 15.9 Å². The number of phenols is 1. The number of aromatic hydroxyl groups is 1. The SMILES string of the molecule is CCCc1cccc(O)c1Br. The van der Waals surface area contributed by atoms with Crippen LogP contribution in [0.15, 0.2) is 22.7 Å². The Bertz CT molecular complexity index is 245. The van der Waals surface area contributed by atoms with Gasteiger partial charge in [0.15, 0.2) is 0 Å². The molecular formula is C9H11BrO. The first-order valence-electron chi connectivity index (χ1n) is 3.72. The average Bonchev–Trinajstić information content (AvgIpc) is 1.99. The minimum absolute atomic E-state index is 0.330. The molecular weight excluding hydrogens is 204 g/mol. The summed E-state index contributed by atoms with van der Waals surface area (Å²) in [5, 5.41) is 9.28. The second-order valence-electron chi connectivity index (χ2n) is 2.50. The van der Waals surface area contributed by atoms with Crippen molar-refractivity contribution in [1.82, 2.24) is 0 Å². The van der Waals surface area contributed by atoms with Gasteiger partial charge in [0.25, 0.3) is 0 Å². The van der Waals surface area contributed by atoms with Crippen LogP contribution in [0.3, 0.4) is 0 Å². The van der Waals surface area contributed by atoms with E-state index in [2.05, 4.69) is 22.9 Å². The molecule has 1 N–H and O–H groups in total. The molecule has 0 aliphatic carbocycles. The number of aryl methyl sites for hydroxylation is 1. The summed E-state index contributed by atoms with van der Waals surface area (Å²) in [6.07, 6.45) is 2.11. The lowest BCUT2D eigenvalue weighted by Gasteiger charge is -2.03. The van der Waals surface area contributed by atoms with Crippen molar-refractivity contribution in [3.05, 3.63) is 28.2 Å². The van der Waals surface area contributed by atoms with Crippen LogP contribution in [0.4, 0.5) is 0 Å². The van der Waals surface area contributed by atoms with Crippen LogP contribution < -0.4 is 0 Å². The van der Waals surface area contributed by atoms with Gasteiger partial charge in [-0.15, -0.1) is 0 Å². The Morgan fingerprint density at radius 1 is 1.45 bits per heavy atom. The highest BCUT2D eigenvalue weighted by molar-refractivity contribution is 9.10. The molecule has 2 heteroatoms. The van der Waals surface area contributed by atoms with Gasteiger partial charge in [-0.3, -0.25) is 0 Å². The van der Waals surface area contributed by atoms with Crippen molar-refractivity contribution in [3.63, 3.8) is 0 Å². The Hall–Kier alpha value is -0.500. The summed E-state index contributed by atoms with van der Waals surface area (Å²) in [7, 11) is 0. The third kappa shape index (κ3) is 1.96. The second-order valence-corrected chi connectivity index (χ2v) is 3.29. The highest BCUT2D eigenvalue weighted by Crippen LogP contribution is 2.27. The largest absolute Gasteiger partial charge is 0.507 e. The van der Waals surface area contributed by atoms with Crippen molar-refractivity contribution in [2.45, 2.75) is 19.8 Å². The van der Waals surface area contributed by atoms with E-state index < -0.39 is 0 Å². The van der Waals surface area contributed by atoms with E-state index in [0.717, 1.165) is 17.3 Å². The zero-order chi connectivity index (χ0) is 8.27. The Balaban J connectivity index is 2.96. The van der Waals surface area contributed by atoms with Crippen LogP contribution in [0, 0.1) is 0 Å². The lowest BCUT2D eigenvalue weighted by Crippen LogP contribution is -1.84. The molecule has 0 aliphatic rings. The minimum Gasteiger partial charge on any atom is -0.507 e. The molecule has 0 radical (unpaired) electrons. The van der Waals surface area contributed by atoms with E-state index in [0.29, 0.717) is 5.75 Å². The molecule has 60 valence electrons. The number of phenolic OH excluding ortho intramolecular Hbond substituents is 1. The zero-order valence-electron chi connectivity index (χ0n) is 6.47. The molecule has 0 atom stereocenters. The molecule has 0 saturated heterocycles. The predicted octanol–water partition coefficient (Wildman–Crippen LogP) is 3.11. The molecule has 0 aliphatic heterocycles. The topological polar surface area (TPSA) is 20.2 Å². The van der Waals surface area contributed by atoms with Crippen molar-refractivity contribution in [3.8, 4) is 5.75 Å². The Labute approximate surface area is 75.2 Å². The normalized spacial score (nSPS) is 10.0. The molecule has 11 heavy (non-hydrogen) atoms. The van der Waals surface area contributed by atoms with Gasteiger partial charge in [-0.25, -0.2) is 0 Å². The van der Waals surface area contributed by atoms with Crippen LogP contribution in [-0.4, -0.2) is 5.11 Å². The van der Waals surface area contributed by atoms with Crippen LogP contribution in [0.1, 0.15) is 18.9 Å². The van der Waals surface area contributed by atoms with Gasteiger partial charge >= 0.3 is 0 Å². The Kier molecular flexibility index (Phi) is 2.94. The van der Waals surface area contributed by atoms with Crippen LogP contribution in [0.25, 0.3) is 0 Å². The van der Waals surface area contributed by atoms with E-state index in [4.69, 9.17) is 0 Å². The maximum atomic E-state index is 9.28. The number of hydrogen-bond acceptors (Lipinski definition) is 1. The fourth-order valence-corrected chi connectivity index (χ4v) is 1.49. The van der Waals surface area contributed by atoms with Crippen LogP contribution in [-0.2, 0) is 6.42 Å². The number of benzene rings is 1. The maximum Gasteiger partial charge on any atom is 0.130 e. The van der Waals surface area contributed by atoms with E-state index >= 15 is 0 Å². The third-order valence-electron chi connectivity index (χ3n) is 1.58. The molecule has 0 aromatic heterocycles. The molecule has 1 aromatic rings. The number of hydrogen-bond donors (Lipinski definition) is 1. The summed E-state index contributed by atoms with van der Waals surface area (Å²) in [5.41, 5.74) is 1.17. The maximum absolute atomic E-state index is 9.28. The monoisotopic (exact) mass is 214 g/mol. The predicted molar refractivity (Wildman–Crippen MR) is 49.8 cm³/mol. The van der Waals surface area contributed by atoms with Crippen LogP contribution in [0.5, 0.6) is 5.75 Å². The Morgan fingerprint density at radius 2 is 2.18 bits per heavy atom. The first-order chi connectivity index (χ1) is 5.25. The molecule has 0 saturated carbocycles. The summed E-state index contributed by atoms with van der Waals surface area (Å²) < 4.78 is 0.835. The van der Waals surface area contributed by atoms with Crippen LogP contribution in [0.2, 0.25) is 0 Å². The zero-order valence-corrected chi connectivity index (χ0v) is 8.06. The van der Waals surface area contributed by atoms with Crippen molar-refractivity contribution in [2.24, 2.45) is 0 Å². The molecule has 0 spiro atoms. The summed E-state index contributed by atoms with van der Waals surface area (Å²) >= 11 is 3.33. The highest BCUT2D eigenvalue weighted by Gasteiger charge is 2.01. The fourth-order valence-electron chi connectivity index (χ4n) is 1.03. The van der Waals surface area contributed by atoms with Gasteiger partial charge in [-0.1, -0.05) is 25.5 Å². The number of halogens is 1. The summed E-state index contributed by atoms with van der Waals surface area (Å²) in [6.45, 7) is 2.12. The lowest BCUT2D eigenvalue weighted by atomic mass is 10.1. The van der Waals surface area contributed by atoms with Gasteiger partial charge in [0.2, 0.25) is 0 Å². The Morgan fingerprint density at radius 3 is 2.82 bits per heavy atom. The molecule has 1 nitrogen and oxygen atoms in total. The van der Waals surface area contributed by atoms with Gasteiger partial charge in [-0.05, 0) is 34.0 Å². The van der Waals surface area contributed by atoms with E-state index in [1.807, 2.05) is 12.1 Å². The van der Waals surface area contributed by atoms with Crippen molar-refractivity contribution in [1.29, 1.82) is 0 Å². The fraction of sp³-hybridized carbons (Fsp3) is 0.333. The highest BCUT2D eigenvalue weighted by atomic mass is 79.9. The van der Waals surface area contributed by atoms with E-state index in [1.54, 1.807) is 6.07 Å². The van der Waals surface area contributed by atoms with Gasteiger partial charge in [-0.2, -0.15) is 0 Å². The third-order valence-corrected chi connectivity index (χ3v) is 2.49. The molecule has 0 fully saturated rings. The number of rotatable bonds is 2. The van der Waals surface area contributed by atoms with Gasteiger partial charge < -0.3 is 5.11 Å². The molecule has 1 aromatic carbocycles. The van der Waals surface area contributed by atoms with Crippen molar-refractivity contribution >= 4 is 15.9 Å². The first-order valence-corrected chi connectivity index (χ1v) is 4.51. The van der Waals surface area contributed by atoms with E-state index in [-0.39, 0.29) is 0 Å². The van der Waals surface area contributed by atoms with Gasteiger partial charge in [0.1, 0.15) is 5.75 Å². The van der Waals surface area contributed by atoms with Gasteiger partial charge in [0.05, 0.1) is 4.47 Å². The van der Waals surface area contributed by atoms with E-state index in [1.165, 1.54) is 5.56 Å². The van der Waals surface area contributed by atoms with Gasteiger partial charge in [0, 0.05) is 0 Å². The molecule has 0 bridgehead atoms. The molecule has 1 rings (SSSR count). The summed E-state index contributed by atoms with van der Waals surface area (Å²) in [6, 6.07) is 5.57. The minimum atomic E-state index is 0.330.